The quantitative estimate of drug-likeness (QED) is 0.552. The van der Waals surface area contributed by atoms with Crippen LogP contribution in [0.3, 0.4) is 0 Å². The van der Waals surface area contributed by atoms with Gasteiger partial charge >= 0.3 is 11.9 Å². The first kappa shape index (κ1) is 25.6. The molecular weight excluding hydrogens is 446 g/mol. The maximum atomic E-state index is 12.9. The van der Waals surface area contributed by atoms with Gasteiger partial charge in [-0.25, -0.2) is 18.0 Å². The van der Waals surface area contributed by atoms with Crippen LogP contribution >= 0.6 is 0 Å². The van der Waals surface area contributed by atoms with Crippen LogP contribution in [0, 0.1) is 24.7 Å². The lowest BCUT2D eigenvalue weighted by Gasteiger charge is -2.36. The van der Waals surface area contributed by atoms with Gasteiger partial charge in [-0.15, -0.1) is 0 Å². The molecule has 0 radical (unpaired) electrons. The van der Waals surface area contributed by atoms with Crippen molar-refractivity contribution in [3.05, 3.63) is 29.3 Å². The van der Waals surface area contributed by atoms with Gasteiger partial charge in [-0.1, -0.05) is 33.3 Å². The van der Waals surface area contributed by atoms with Crippen LogP contribution in [0.5, 0.6) is 0 Å². The zero-order valence-electron chi connectivity index (χ0n) is 19.9. The van der Waals surface area contributed by atoms with E-state index in [9.17, 15) is 18.0 Å². The number of sulfonamides is 1. The van der Waals surface area contributed by atoms with E-state index in [1.165, 1.54) is 16.4 Å². The van der Waals surface area contributed by atoms with E-state index >= 15 is 0 Å². The van der Waals surface area contributed by atoms with Crippen molar-refractivity contribution in [2.24, 2.45) is 17.8 Å². The van der Waals surface area contributed by atoms with E-state index in [1.54, 1.807) is 13.0 Å². The number of ether oxygens (including phenoxy) is 3. The molecule has 0 N–H and O–H groups in total. The molecular formula is C24H35NO7S. The highest BCUT2D eigenvalue weighted by Crippen LogP contribution is 2.35. The van der Waals surface area contributed by atoms with Crippen molar-refractivity contribution in [2.45, 2.75) is 58.0 Å². The first-order chi connectivity index (χ1) is 15.6. The number of nitrogens with zero attached hydrogens (tertiary/aromatic N) is 1. The lowest BCUT2D eigenvalue weighted by molar-refractivity contribution is -0.159. The molecule has 0 bridgehead atoms. The third-order valence-electron chi connectivity index (χ3n) is 6.60. The second kappa shape index (κ2) is 11.0. The molecule has 8 nitrogen and oxygen atoms in total. The number of carbonyl (C=O) groups excluding carboxylic acids is 2. The molecule has 33 heavy (non-hydrogen) atoms. The second-order valence-electron chi connectivity index (χ2n) is 9.42. The van der Waals surface area contributed by atoms with Crippen molar-refractivity contribution in [2.75, 3.05) is 32.9 Å². The molecule has 0 unspecified atom stereocenters. The molecule has 1 aromatic carbocycles. The van der Waals surface area contributed by atoms with Gasteiger partial charge in [-0.05, 0) is 55.2 Å². The molecule has 1 aromatic rings. The number of benzene rings is 1. The van der Waals surface area contributed by atoms with Crippen LogP contribution < -0.4 is 0 Å². The summed E-state index contributed by atoms with van der Waals surface area (Å²) < 4.78 is 43.3. The summed E-state index contributed by atoms with van der Waals surface area (Å²) in [5.74, 6) is -0.148. The van der Waals surface area contributed by atoms with Crippen LogP contribution in [-0.4, -0.2) is 63.7 Å². The SMILES string of the molecule is Cc1ccc(S(=O)(=O)N2CCOCC2)cc1C(=O)OCC(=O)O[C@H]1C[C@@H](C)CC[C@@H]1C(C)C. The van der Waals surface area contributed by atoms with Crippen LogP contribution in [0.15, 0.2) is 23.1 Å². The highest BCUT2D eigenvalue weighted by molar-refractivity contribution is 7.89. The Bertz CT molecular complexity index is 954. The van der Waals surface area contributed by atoms with Crippen LogP contribution in [0.1, 0.15) is 56.0 Å². The summed E-state index contributed by atoms with van der Waals surface area (Å²) in [6, 6.07) is 4.35. The fraction of sp³-hybridized carbons (Fsp3) is 0.667. The molecule has 1 aliphatic carbocycles. The van der Waals surface area contributed by atoms with E-state index in [-0.39, 0.29) is 29.7 Å². The fourth-order valence-corrected chi connectivity index (χ4v) is 6.01. The van der Waals surface area contributed by atoms with Crippen molar-refractivity contribution in [3.63, 3.8) is 0 Å². The summed E-state index contributed by atoms with van der Waals surface area (Å²) in [5, 5.41) is 0. The number of hydrogen-bond acceptors (Lipinski definition) is 7. The predicted molar refractivity (Wildman–Crippen MR) is 122 cm³/mol. The minimum atomic E-state index is -3.75. The van der Waals surface area contributed by atoms with Gasteiger partial charge in [0.25, 0.3) is 0 Å². The van der Waals surface area contributed by atoms with Gasteiger partial charge in [-0.3, -0.25) is 0 Å². The van der Waals surface area contributed by atoms with E-state index < -0.39 is 28.6 Å². The van der Waals surface area contributed by atoms with Crippen molar-refractivity contribution in [1.82, 2.24) is 4.31 Å². The van der Waals surface area contributed by atoms with Gasteiger partial charge in [-0.2, -0.15) is 4.31 Å². The number of esters is 2. The molecule has 1 heterocycles. The Morgan fingerprint density at radius 2 is 1.88 bits per heavy atom. The summed E-state index contributed by atoms with van der Waals surface area (Å²) in [5.41, 5.74) is 0.679. The first-order valence-electron chi connectivity index (χ1n) is 11.6. The highest BCUT2D eigenvalue weighted by atomic mass is 32.2. The van der Waals surface area contributed by atoms with Crippen molar-refractivity contribution >= 4 is 22.0 Å². The maximum absolute atomic E-state index is 12.9. The molecule has 0 spiro atoms. The summed E-state index contributed by atoms with van der Waals surface area (Å²) >= 11 is 0. The molecule has 3 atom stereocenters. The number of morpholine rings is 1. The summed E-state index contributed by atoms with van der Waals surface area (Å²) in [6.45, 7) is 8.78. The average Bonchev–Trinajstić information content (AvgIpc) is 2.78. The van der Waals surface area contributed by atoms with Gasteiger partial charge in [0, 0.05) is 13.1 Å². The molecule has 9 heteroatoms. The molecule has 3 rings (SSSR count). The highest BCUT2D eigenvalue weighted by Gasteiger charge is 2.34. The number of aryl methyl sites for hydroxylation is 1. The van der Waals surface area contributed by atoms with Crippen molar-refractivity contribution in [3.8, 4) is 0 Å². The van der Waals surface area contributed by atoms with Crippen molar-refractivity contribution in [1.29, 1.82) is 0 Å². The number of rotatable bonds is 7. The Morgan fingerprint density at radius 1 is 1.18 bits per heavy atom. The Kier molecular flexibility index (Phi) is 8.53. The summed E-state index contributed by atoms with van der Waals surface area (Å²) in [6.07, 6.45) is 2.77. The topological polar surface area (TPSA) is 99.2 Å². The van der Waals surface area contributed by atoms with Crippen LogP contribution in [0.4, 0.5) is 0 Å². The fourth-order valence-electron chi connectivity index (χ4n) is 4.57. The van der Waals surface area contributed by atoms with Gasteiger partial charge in [0.2, 0.25) is 10.0 Å². The average molecular weight is 482 g/mol. The molecule has 1 saturated carbocycles. The Hall–Kier alpha value is -1.97. The smallest absolute Gasteiger partial charge is 0.344 e. The third-order valence-corrected chi connectivity index (χ3v) is 8.50. The maximum Gasteiger partial charge on any atom is 0.344 e. The summed E-state index contributed by atoms with van der Waals surface area (Å²) in [7, 11) is -3.75. The third kappa shape index (κ3) is 6.33. The van der Waals surface area contributed by atoms with Crippen LogP contribution in [0.2, 0.25) is 0 Å². The standard InChI is InChI=1S/C24H35NO7S/c1-16(2)20-8-5-17(3)13-22(20)32-23(26)15-31-24(27)21-14-19(7-6-18(21)4)33(28,29)25-9-11-30-12-10-25/h6-7,14,16-17,20,22H,5,8-13,15H2,1-4H3/t17-,20+,22-/m0/s1. The molecule has 1 saturated heterocycles. The van der Waals surface area contributed by atoms with Crippen LogP contribution in [0.25, 0.3) is 0 Å². The van der Waals surface area contributed by atoms with Gasteiger partial charge in [0.15, 0.2) is 6.61 Å². The Balaban J connectivity index is 1.64. The van der Waals surface area contributed by atoms with E-state index in [1.807, 2.05) is 0 Å². The lowest BCUT2D eigenvalue weighted by atomic mass is 9.75. The second-order valence-corrected chi connectivity index (χ2v) is 11.4. The van der Waals surface area contributed by atoms with E-state index in [0.29, 0.717) is 36.5 Å². The molecule has 2 fully saturated rings. The molecule has 184 valence electrons. The zero-order chi connectivity index (χ0) is 24.2. The normalized spacial score (nSPS) is 24.5. The zero-order valence-corrected chi connectivity index (χ0v) is 20.7. The minimum Gasteiger partial charge on any atom is -0.460 e. The monoisotopic (exact) mass is 481 g/mol. The van der Waals surface area contributed by atoms with Crippen LogP contribution in [-0.2, 0) is 29.0 Å². The largest absolute Gasteiger partial charge is 0.460 e. The first-order valence-corrected chi connectivity index (χ1v) is 13.1. The minimum absolute atomic E-state index is 0.0143. The van der Waals surface area contributed by atoms with E-state index in [0.717, 1.165) is 19.3 Å². The Labute approximate surface area is 196 Å². The molecule has 0 aromatic heterocycles. The van der Waals surface area contributed by atoms with Gasteiger partial charge in [0.05, 0.1) is 23.7 Å². The van der Waals surface area contributed by atoms with Gasteiger partial charge in [0.1, 0.15) is 6.10 Å². The molecule has 0 amide bonds. The van der Waals surface area contributed by atoms with E-state index in [4.69, 9.17) is 14.2 Å². The van der Waals surface area contributed by atoms with Gasteiger partial charge < -0.3 is 14.2 Å². The predicted octanol–water partition coefficient (Wildman–Crippen LogP) is 3.18. The van der Waals surface area contributed by atoms with E-state index in [2.05, 4.69) is 20.8 Å². The number of carbonyl (C=O) groups is 2. The molecule has 2 aliphatic rings. The molecule has 1 aliphatic heterocycles. The lowest BCUT2D eigenvalue weighted by Crippen LogP contribution is -2.40. The van der Waals surface area contributed by atoms with Crippen molar-refractivity contribution < 1.29 is 32.2 Å². The summed E-state index contributed by atoms with van der Waals surface area (Å²) in [4.78, 5) is 25.1. The number of hydrogen-bond donors (Lipinski definition) is 0. The Morgan fingerprint density at radius 3 is 2.55 bits per heavy atom.